The molecule has 1 atom stereocenters. The summed E-state index contributed by atoms with van der Waals surface area (Å²) in [4.78, 5) is 27.7. The predicted molar refractivity (Wildman–Crippen MR) is 125 cm³/mol. The van der Waals surface area contributed by atoms with Crippen molar-refractivity contribution in [3.05, 3.63) is 64.7 Å². The maximum absolute atomic E-state index is 13.2. The van der Waals surface area contributed by atoms with Crippen LogP contribution < -0.4 is 9.47 Å². The molecule has 0 bridgehead atoms. The molecular weight excluding hydrogens is 422 g/mol. The first-order valence-electron chi connectivity index (χ1n) is 11.0. The minimum absolute atomic E-state index is 0.0406. The Hall–Kier alpha value is -3.32. The monoisotopic (exact) mass is 453 g/mol. The fraction of sp³-hybridized carbons (Fsp3) is 0.385. The van der Waals surface area contributed by atoms with Crippen LogP contribution in [0.1, 0.15) is 43.0 Å². The summed E-state index contributed by atoms with van der Waals surface area (Å²) in [7, 11) is 3.00. The van der Waals surface area contributed by atoms with E-state index in [4.69, 9.17) is 14.2 Å². The number of carbonyl (C=O) groups is 2. The molecule has 1 heterocycles. The van der Waals surface area contributed by atoms with Crippen LogP contribution in [0.15, 0.2) is 48.0 Å². The number of aliphatic hydroxyl groups is 1. The molecule has 1 amide bonds. The van der Waals surface area contributed by atoms with Crippen LogP contribution in [0.3, 0.4) is 0 Å². The van der Waals surface area contributed by atoms with Gasteiger partial charge in [-0.1, -0.05) is 29.8 Å². The highest BCUT2D eigenvalue weighted by Gasteiger charge is 2.46. The maximum Gasteiger partial charge on any atom is 0.295 e. The van der Waals surface area contributed by atoms with Crippen LogP contribution in [0.5, 0.6) is 11.5 Å². The molecule has 1 aliphatic rings. The van der Waals surface area contributed by atoms with Crippen LogP contribution in [0.25, 0.3) is 5.76 Å². The number of Topliss-reactive ketones (excluding diaryl/α,β-unsaturated/α-hetero) is 1. The van der Waals surface area contributed by atoms with E-state index in [1.165, 1.54) is 19.1 Å². The molecule has 1 fully saturated rings. The standard InChI is InChI=1S/C26H31NO6/c1-16(2)33-13-7-12-27-23(18-9-6-8-17(3)14-18)22(25(29)26(27)30)24(28)20-11-10-19(31-4)15-21(20)32-5/h6,8-11,14-16,23,28H,7,12-13H2,1-5H3/b24-22-. The Balaban J connectivity index is 2.10. The molecule has 7 nitrogen and oxygen atoms in total. The lowest BCUT2D eigenvalue weighted by Gasteiger charge is -2.26. The summed E-state index contributed by atoms with van der Waals surface area (Å²) in [5.41, 5.74) is 2.10. The molecular formula is C26H31NO6. The predicted octanol–water partition coefficient (Wildman–Crippen LogP) is 4.25. The molecule has 0 saturated carbocycles. The molecule has 0 radical (unpaired) electrons. The molecule has 1 unspecified atom stereocenters. The van der Waals surface area contributed by atoms with Crippen molar-refractivity contribution < 1.29 is 28.9 Å². The number of benzene rings is 2. The van der Waals surface area contributed by atoms with Gasteiger partial charge < -0.3 is 24.2 Å². The van der Waals surface area contributed by atoms with Gasteiger partial charge in [-0.15, -0.1) is 0 Å². The number of amides is 1. The highest BCUT2D eigenvalue weighted by molar-refractivity contribution is 6.46. The van der Waals surface area contributed by atoms with Gasteiger partial charge >= 0.3 is 0 Å². The minimum Gasteiger partial charge on any atom is -0.507 e. The van der Waals surface area contributed by atoms with E-state index in [0.29, 0.717) is 36.6 Å². The number of nitrogens with zero attached hydrogens (tertiary/aromatic N) is 1. The Labute approximate surface area is 194 Å². The normalized spacial score (nSPS) is 17.6. The molecule has 1 N–H and O–H groups in total. The van der Waals surface area contributed by atoms with Crippen molar-refractivity contribution in [1.82, 2.24) is 4.90 Å². The molecule has 0 aliphatic carbocycles. The first-order chi connectivity index (χ1) is 15.8. The molecule has 176 valence electrons. The minimum atomic E-state index is -0.721. The molecule has 2 aromatic rings. The summed E-state index contributed by atoms with van der Waals surface area (Å²) in [6.45, 7) is 6.63. The number of rotatable bonds is 9. The number of ketones is 1. The lowest BCUT2D eigenvalue weighted by Crippen LogP contribution is -2.31. The van der Waals surface area contributed by atoms with Crippen LogP contribution in [0.2, 0.25) is 0 Å². The Morgan fingerprint density at radius 2 is 1.85 bits per heavy atom. The molecule has 1 aliphatic heterocycles. The molecule has 1 saturated heterocycles. The number of hydrogen-bond acceptors (Lipinski definition) is 6. The van der Waals surface area contributed by atoms with Gasteiger partial charge in [0.25, 0.3) is 11.7 Å². The van der Waals surface area contributed by atoms with Crippen molar-refractivity contribution in [3.8, 4) is 11.5 Å². The van der Waals surface area contributed by atoms with Crippen molar-refractivity contribution in [2.45, 2.75) is 39.3 Å². The van der Waals surface area contributed by atoms with Crippen LogP contribution in [-0.2, 0) is 14.3 Å². The van der Waals surface area contributed by atoms with Crippen molar-refractivity contribution in [1.29, 1.82) is 0 Å². The molecule has 2 aromatic carbocycles. The molecule has 7 heteroatoms. The first-order valence-corrected chi connectivity index (χ1v) is 11.0. The van der Waals surface area contributed by atoms with Gasteiger partial charge in [0, 0.05) is 19.2 Å². The zero-order valence-electron chi connectivity index (χ0n) is 19.8. The van der Waals surface area contributed by atoms with E-state index in [0.717, 1.165) is 11.1 Å². The lowest BCUT2D eigenvalue weighted by atomic mass is 9.94. The van der Waals surface area contributed by atoms with Gasteiger partial charge in [0.05, 0.1) is 37.5 Å². The number of aliphatic hydroxyl groups excluding tert-OH is 1. The number of hydrogen-bond donors (Lipinski definition) is 1. The number of likely N-dealkylation sites (tertiary alicyclic amines) is 1. The van der Waals surface area contributed by atoms with Crippen molar-refractivity contribution >= 4 is 17.4 Å². The lowest BCUT2D eigenvalue weighted by molar-refractivity contribution is -0.140. The van der Waals surface area contributed by atoms with Gasteiger partial charge in [-0.05, 0) is 44.9 Å². The van der Waals surface area contributed by atoms with Gasteiger partial charge in [0.1, 0.15) is 17.3 Å². The van der Waals surface area contributed by atoms with Crippen molar-refractivity contribution in [3.63, 3.8) is 0 Å². The second-order valence-electron chi connectivity index (χ2n) is 8.25. The molecule has 3 rings (SSSR count). The zero-order chi connectivity index (χ0) is 24.1. The second kappa shape index (κ2) is 10.5. The summed E-state index contributed by atoms with van der Waals surface area (Å²) in [6.07, 6.45) is 0.648. The molecule has 33 heavy (non-hydrogen) atoms. The second-order valence-corrected chi connectivity index (χ2v) is 8.25. The van der Waals surface area contributed by atoms with Gasteiger partial charge in [-0.3, -0.25) is 9.59 Å². The van der Waals surface area contributed by atoms with E-state index >= 15 is 0 Å². The third-order valence-corrected chi connectivity index (χ3v) is 5.56. The van der Waals surface area contributed by atoms with E-state index in [9.17, 15) is 14.7 Å². The summed E-state index contributed by atoms with van der Waals surface area (Å²) in [6, 6.07) is 11.8. The number of methoxy groups -OCH3 is 2. The number of ether oxygens (including phenoxy) is 3. The maximum atomic E-state index is 13.2. The van der Waals surface area contributed by atoms with Crippen molar-refractivity contribution in [2.24, 2.45) is 0 Å². The van der Waals surface area contributed by atoms with E-state index in [1.807, 2.05) is 45.0 Å². The van der Waals surface area contributed by atoms with E-state index in [2.05, 4.69) is 0 Å². The smallest absolute Gasteiger partial charge is 0.295 e. The third kappa shape index (κ3) is 5.20. The molecule has 0 spiro atoms. The Bertz CT molecular complexity index is 1060. The van der Waals surface area contributed by atoms with E-state index < -0.39 is 17.7 Å². The first kappa shape index (κ1) is 24.3. The largest absolute Gasteiger partial charge is 0.507 e. The highest BCUT2D eigenvalue weighted by atomic mass is 16.5. The van der Waals surface area contributed by atoms with Crippen LogP contribution in [0, 0.1) is 6.92 Å². The molecule has 0 aromatic heterocycles. The Morgan fingerprint density at radius 1 is 1.09 bits per heavy atom. The quantitative estimate of drug-likeness (QED) is 0.264. The van der Waals surface area contributed by atoms with Crippen LogP contribution >= 0.6 is 0 Å². The average Bonchev–Trinajstić information content (AvgIpc) is 3.05. The van der Waals surface area contributed by atoms with Gasteiger partial charge in [0.2, 0.25) is 0 Å². The highest BCUT2D eigenvalue weighted by Crippen LogP contribution is 2.41. The fourth-order valence-electron chi connectivity index (χ4n) is 3.99. The summed E-state index contributed by atoms with van der Waals surface area (Å²) >= 11 is 0. The third-order valence-electron chi connectivity index (χ3n) is 5.56. The zero-order valence-corrected chi connectivity index (χ0v) is 19.8. The van der Waals surface area contributed by atoms with E-state index in [1.54, 1.807) is 18.2 Å². The topological polar surface area (TPSA) is 85.3 Å². The SMILES string of the molecule is COc1ccc(/C(O)=C2/C(=O)C(=O)N(CCCOC(C)C)C2c2cccc(C)c2)c(OC)c1. The summed E-state index contributed by atoms with van der Waals surface area (Å²) < 4.78 is 16.3. The van der Waals surface area contributed by atoms with E-state index in [-0.39, 0.29) is 17.4 Å². The number of carbonyl (C=O) groups excluding carboxylic acids is 2. The summed E-state index contributed by atoms with van der Waals surface area (Å²) in [5, 5.41) is 11.3. The Kier molecular flexibility index (Phi) is 7.76. The number of aryl methyl sites for hydroxylation is 1. The average molecular weight is 454 g/mol. The van der Waals surface area contributed by atoms with Crippen LogP contribution in [0.4, 0.5) is 0 Å². The van der Waals surface area contributed by atoms with Gasteiger partial charge in [-0.25, -0.2) is 0 Å². The van der Waals surface area contributed by atoms with Crippen molar-refractivity contribution in [2.75, 3.05) is 27.4 Å². The van der Waals surface area contributed by atoms with Crippen LogP contribution in [-0.4, -0.2) is 55.2 Å². The summed E-state index contributed by atoms with van der Waals surface area (Å²) in [5.74, 6) is -0.752. The van der Waals surface area contributed by atoms with Gasteiger partial charge in [-0.2, -0.15) is 0 Å². The van der Waals surface area contributed by atoms with Gasteiger partial charge in [0.15, 0.2) is 0 Å². The Morgan fingerprint density at radius 3 is 2.48 bits per heavy atom. The fourth-order valence-corrected chi connectivity index (χ4v) is 3.99.